The predicted octanol–water partition coefficient (Wildman–Crippen LogP) is 20.0. The third kappa shape index (κ3) is 9.80. The van der Waals surface area contributed by atoms with Gasteiger partial charge in [0.15, 0.2) is 0 Å². The molecule has 0 aliphatic carbocycles. The van der Waals surface area contributed by atoms with E-state index in [9.17, 15) is 0 Å². The minimum Gasteiger partial charge on any atom is -0.304 e. The van der Waals surface area contributed by atoms with Gasteiger partial charge in [-0.15, -0.1) is 95.6 Å². The van der Waals surface area contributed by atoms with E-state index in [-0.39, 0.29) is 20.1 Å². The monoisotopic (exact) mass is 1210 g/mol. The number of nitrogens with zero attached hydrogens (tertiary/aromatic N) is 3. The van der Waals surface area contributed by atoms with Gasteiger partial charge in [-0.1, -0.05) is 181 Å². The maximum atomic E-state index is 5.31. The molecular weight excluding hydrogens is 1170 g/mol. The van der Waals surface area contributed by atoms with Crippen LogP contribution in [0.15, 0.2) is 279 Å². The number of thiophene rings is 1. The zero-order chi connectivity index (χ0) is 52.5. The second-order valence-corrected chi connectivity index (χ2v) is 20.7. The van der Waals surface area contributed by atoms with Crippen LogP contribution in [-0.4, -0.2) is 15.0 Å². The van der Waals surface area contributed by atoms with Crippen LogP contribution in [0.4, 0.5) is 0 Å². The van der Waals surface area contributed by atoms with Crippen LogP contribution < -0.4 is 0 Å². The Balaban J connectivity index is 0.00000605. The summed E-state index contributed by atoms with van der Waals surface area (Å²) < 4.78 is 2.48. The van der Waals surface area contributed by atoms with E-state index in [0.717, 1.165) is 117 Å². The van der Waals surface area contributed by atoms with Crippen LogP contribution in [-0.2, 0) is 20.1 Å². The zero-order valence-electron chi connectivity index (χ0n) is 43.1. The Kier molecular flexibility index (Phi) is 13.8. The first-order valence-corrected chi connectivity index (χ1v) is 27.3. The first-order valence-electron chi connectivity index (χ1n) is 26.5. The van der Waals surface area contributed by atoms with E-state index in [1.807, 2.05) is 60.9 Å². The molecule has 4 heterocycles. The third-order valence-electron chi connectivity index (χ3n) is 14.8. The quantitative estimate of drug-likeness (QED) is 0.121. The van der Waals surface area contributed by atoms with Crippen molar-refractivity contribution in [3.8, 4) is 123 Å². The van der Waals surface area contributed by atoms with E-state index in [2.05, 4.69) is 237 Å². The molecule has 80 heavy (non-hydrogen) atoms. The van der Waals surface area contributed by atoms with Gasteiger partial charge in [-0.25, -0.2) is 0 Å². The summed E-state index contributed by atoms with van der Waals surface area (Å²) in [5.41, 5.74) is 22.9. The molecule has 376 valence electrons. The van der Waals surface area contributed by atoms with E-state index in [0.29, 0.717) is 0 Å². The molecule has 0 bridgehead atoms. The van der Waals surface area contributed by atoms with Crippen LogP contribution in [0.1, 0.15) is 0 Å². The fraction of sp³-hybridized carbons (Fsp3) is 0. The summed E-state index contributed by atoms with van der Waals surface area (Å²) in [5.74, 6) is 0. The molecule has 0 amide bonds. The van der Waals surface area contributed by atoms with Crippen molar-refractivity contribution in [3.63, 3.8) is 0 Å². The zero-order valence-corrected chi connectivity index (χ0v) is 46.4. The first kappa shape index (κ1) is 50.1. The molecule has 3 nitrogen and oxygen atoms in total. The summed E-state index contributed by atoms with van der Waals surface area (Å²) in [7, 11) is 0. The van der Waals surface area contributed by atoms with Gasteiger partial charge >= 0.3 is 20.1 Å². The molecule has 0 aliphatic heterocycles. The van der Waals surface area contributed by atoms with Gasteiger partial charge in [0.1, 0.15) is 0 Å². The number of benzene rings is 10. The second kappa shape index (κ2) is 22.1. The largest absolute Gasteiger partial charge is 3.00 e. The smallest absolute Gasteiger partial charge is 0.304 e. The van der Waals surface area contributed by atoms with Gasteiger partial charge in [0.2, 0.25) is 0 Å². The Morgan fingerprint density at radius 3 is 1.27 bits per heavy atom. The van der Waals surface area contributed by atoms with Crippen LogP contribution in [0.3, 0.4) is 0 Å². The van der Waals surface area contributed by atoms with Gasteiger partial charge in [-0.3, -0.25) is 0 Å². The van der Waals surface area contributed by atoms with Gasteiger partial charge in [-0.05, 0) is 135 Å². The summed E-state index contributed by atoms with van der Waals surface area (Å²) in [5, 5.41) is 2.47. The second-order valence-electron chi connectivity index (χ2n) is 19.6. The topological polar surface area (TPSA) is 38.7 Å². The third-order valence-corrected chi connectivity index (χ3v) is 16.0. The van der Waals surface area contributed by atoms with E-state index >= 15 is 0 Å². The molecule has 0 unspecified atom stereocenters. The standard InChI is InChI=1S/C75H46N3S.Ir/c1-4-18-50(19-5-1)51-32-34-52(35-33-51)68-46-73(55-38-41-75-69(45-55)67-30-16-17-31-74(67)79-75)78-49-70(68)66-29-15-14-28-65(66)60-43-58(63-26-12-10-24-61(63)56-36-39-71(76-47-56)53-20-6-2-7-21-53)42-59(44-60)64-27-13-11-25-62(64)57-37-40-72(77-48-57)54-22-8-3-9-23-54;/h1-20,22,24-37,39-49H;/q-3;+3. The van der Waals surface area contributed by atoms with Crippen LogP contribution in [0.25, 0.3) is 143 Å². The summed E-state index contributed by atoms with van der Waals surface area (Å²) in [6.07, 6.45) is 6.04. The molecule has 0 radical (unpaired) electrons. The van der Waals surface area contributed by atoms with Crippen LogP contribution in [0, 0.1) is 18.2 Å². The number of hydrogen-bond acceptors (Lipinski definition) is 4. The Morgan fingerprint density at radius 1 is 0.263 bits per heavy atom. The van der Waals surface area contributed by atoms with Crippen molar-refractivity contribution in [2.75, 3.05) is 0 Å². The Labute approximate surface area is 483 Å². The Bertz CT molecular complexity index is 4360. The molecule has 10 aromatic carbocycles. The van der Waals surface area contributed by atoms with Crippen LogP contribution in [0.5, 0.6) is 0 Å². The normalized spacial score (nSPS) is 11.2. The molecule has 0 spiro atoms. The minimum atomic E-state index is 0. The molecule has 0 saturated carbocycles. The number of fused-ring (bicyclic) bond motifs is 3. The number of aromatic nitrogens is 3. The maximum absolute atomic E-state index is 5.31. The molecule has 0 fully saturated rings. The molecule has 5 heteroatoms. The average Bonchev–Trinajstić information content (AvgIpc) is 3.94. The maximum Gasteiger partial charge on any atom is 3.00 e. The van der Waals surface area contributed by atoms with Crippen molar-refractivity contribution in [1.29, 1.82) is 0 Å². The molecule has 0 saturated heterocycles. The van der Waals surface area contributed by atoms with Crippen molar-refractivity contribution in [3.05, 3.63) is 298 Å². The van der Waals surface area contributed by atoms with Crippen LogP contribution >= 0.6 is 11.3 Å². The van der Waals surface area contributed by atoms with Crippen LogP contribution in [0.2, 0.25) is 0 Å². The first-order chi connectivity index (χ1) is 39.1. The Morgan fingerprint density at radius 2 is 0.725 bits per heavy atom. The van der Waals surface area contributed by atoms with Gasteiger partial charge in [0.25, 0.3) is 0 Å². The van der Waals surface area contributed by atoms with Gasteiger partial charge in [0.05, 0.1) is 0 Å². The summed E-state index contributed by atoms with van der Waals surface area (Å²) >= 11 is 1.80. The van der Waals surface area contributed by atoms with Gasteiger partial charge in [0, 0.05) is 28.9 Å². The summed E-state index contributed by atoms with van der Waals surface area (Å²) in [6, 6.07) is 103. The van der Waals surface area contributed by atoms with E-state index in [1.54, 1.807) is 11.3 Å². The van der Waals surface area contributed by atoms with E-state index < -0.39 is 0 Å². The van der Waals surface area contributed by atoms with Crippen molar-refractivity contribution in [2.24, 2.45) is 0 Å². The molecule has 0 N–H and O–H groups in total. The van der Waals surface area contributed by atoms with Crippen molar-refractivity contribution < 1.29 is 20.1 Å². The molecular formula is C75H46IrN3S. The van der Waals surface area contributed by atoms with Crippen molar-refractivity contribution in [1.82, 2.24) is 15.0 Å². The molecule has 4 aromatic heterocycles. The Hall–Kier alpha value is -9.48. The van der Waals surface area contributed by atoms with Gasteiger partial charge in [-0.2, -0.15) is 11.3 Å². The minimum absolute atomic E-state index is 0. The molecule has 14 rings (SSSR count). The average molecular weight is 1210 g/mol. The number of hydrogen-bond donors (Lipinski definition) is 0. The van der Waals surface area contributed by atoms with E-state index in [1.165, 1.54) is 25.7 Å². The SMILES string of the molecule is [Ir+3].[c-]1ccccc1-c1ccc(-c2ccccc2-c2cc(-c3ccccc3-c3ccc(-c4[c-]cccc4)nc3)cc(-c3ccccc3-c3cnc(-c4[c-]cc5sc6ccccc6c5c4)cc3-c3ccc(-c4ccccc4)cc3)c2)cn1. The van der Waals surface area contributed by atoms with Crippen molar-refractivity contribution in [2.45, 2.75) is 0 Å². The van der Waals surface area contributed by atoms with E-state index in [4.69, 9.17) is 15.0 Å². The molecule has 14 aromatic rings. The van der Waals surface area contributed by atoms with Gasteiger partial charge < -0.3 is 15.0 Å². The summed E-state index contributed by atoms with van der Waals surface area (Å²) in [6.45, 7) is 0. The van der Waals surface area contributed by atoms with Crippen molar-refractivity contribution >= 4 is 31.5 Å². The fourth-order valence-electron chi connectivity index (χ4n) is 10.9. The molecule has 0 atom stereocenters. The molecule has 0 aliphatic rings. The fourth-order valence-corrected chi connectivity index (χ4v) is 12.0. The summed E-state index contributed by atoms with van der Waals surface area (Å²) in [4.78, 5) is 15.2. The number of rotatable bonds is 11. The predicted molar refractivity (Wildman–Crippen MR) is 329 cm³/mol. The number of pyridine rings is 3.